The van der Waals surface area contributed by atoms with Crippen LogP contribution < -0.4 is 5.32 Å². The van der Waals surface area contributed by atoms with Crippen molar-refractivity contribution in [3.63, 3.8) is 0 Å². The molecule has 0 atom stereocenters. The zero-order chi connectivity index (χ0) is 10.4. The van der Waals surface area contributed by atoms with Gasteiger partial charge in [-0.2, -0.15) is 0 Å². The fraction of sp³-hybridized carbons (Fsp3) is 0.364. The summed E-state index contributed by atoms with van der Waals surface area (Å²) in [5, 5.41) is 3.04. The molecule has 76 valence electrons. The van der Waals surface area contributed by atoms with Crippen molar-refractivity contribution < 1.29 is 9.53 Å². The number of hydrogen-bond acceptors (Lipinski definition) is 3. The van der Waals surface area contributed by atoms with Crippen LogP contribution >= 0.6 is 0 Å². The van der Waals surface area contributed by atoms with E-state index in [2.05, 4.69) is 5.32 Å². The molecule has 0 amide bonds. The van der Waals surface area contributed by atoms with E-state index in [4.69, 9.17) is 4.74 Å². The second-order valence-electron chi connectivity index (χ2n) is 2.89. The van der Waals surface area contributed by atoms with Gasteiger partial charge in [-0.05, 0) is 18.6 Å². The number of benzene rings is 1. The van der Waals surface area contributed by atoms with Crippen molar-refractivity contribution in [3.05, 3.63) is 29.8 Å². The van der Waals surface area contributed by atoms with Crippen LogP contribution in [0.25, 0.3) is 0 Å². The number of nitrogens with one attached hydrogen (secondary N) is 1. The molecule has 0 aliphatic carbocycles. The molecule has 0 spiro atoms. The van der Waals surface area contributed by atoms with Crippen molar-refractivity contribution in [2.24, 2.45) is 0 Å². The number of carbonyl (C=O) groups excluding carboxylic acids is 1. The molecule has 0 bridgehead atoms. The first kappa shape index (κ1) is 10.6. The average Bonchev–Trinajstić information content (AvgIpc) is 2.19. The van der Waals surface area contributed by atoms with Crippen LogP contribution in [0.4, 0.5) is 5.69 Å². The lowest BCUT2D eigenvalue weighted by atomic mass is 10.1. The summed E-state index contributed by atoms with van der Waals surface area (Å²) in [5.74, 6) is -0.185. The van der Waals surface area contributed by atoms with E-state index in [-0.39, 0.29) is 5.97 Å². The van der Waals surface area contributed by atoms with E-state index in [9.17, 15) is 4.79 Å². The summed E-state index contributed by atoms with van der Waals surface area (Å²) < 4.78 is 4.88. The molecule has 1 N–H and O–H groups in total. The van der Waals surface area contributed by atoms with Gasteiger partial charge in [0.05, 0.1) is 13.0 Å². The van der Waals surface area contributed by atoms with Crippen LogP contribution in [0.1, 0.15) is 12.5 Å². The Morgan fingerprint density at radius 1 is 1.43 bits per heavy atom. The van der Waals surface area contributed by atoms with Gasteiger partial charge in [0.15, 0.2) is 0 Å². The zero-order valence-corrected chi connectivity index (χ0v) is 8.54. The summed E-state index contributed by atoms with van der Waals surface area (Å²) in [6.07, 6.45) is 0.324. The van der Waals surface area contributed by atoms with Crippen LogP contribution in [0.3, 0.4) is 0 Å². The minimum atomic E-state index is -0.185. The van der Waals surface area contributed by atoms with Gasteiger partial charge in [0.25, 0.3) is 0 Å². The number of esters is 1. The van der Waals surface area contributed by atoms with Crippen LogP contribution in [0.5, 0.6) is 0 Å². The molecule has 3 heteroatoms. The maximum atomic E-state index is 11.2. The predicted molar refractivity (Wildman–Crippen MR) is 56.3 cm³/mol. The lowest BCUT2D eigenvalue weighted by Gasteiger charge is -2.07. The van der Waals surface area contributed by atoms with Gasteiger partial charge < -0.3 is 10.1 Å². The Kier molecular flexibility index (Phi) is 3.98. The highest BCUT2D eigenvalue weighted by atomic mass is 16.5. The Balaban J connectivity index is 2.70. The van der Waals surface area contributed by atoms with Gasteiger partial charge in [-0.3, -0.25) is 4.79 Å². The van der Waals surface area contributed by atoms with E-state index >= 15 is 0 Å². The van der Waals surface area contributed by atoms with E-state index in [0.29, 0.717) is 13.0 Å². The molecule has 0 fully saturated rings. The topological polar surface area (TPSA) is 38.3 Å². The normalized spacial score (nSPS) is 9.57. The van der Waals surface area contributed by atoms with Crippen LogP contribution in [0, 0.1) is 0 Å². The highest BCUT2D eigenvalue weighted by Gasteiger charge is 2.06. The van der Waals surface area contributed by atoms with E-state index in [1.54, 1.807) is 0 Å². The molecule has 0 aromatic heterocycles. The lowest BCUT2D eigenvalue weighted by molar-refractivity contribution is -0.142. The van der Waals surface area contributed by atoms with Gasteiger partial charge in [0.1, 0.15) is 0 Å². The van der Waals surface area contributed by atoms with E-state index < -0.39 is 0 Å². The molecule has 1 aromatic carbocycles. The number of carbonyl (C=O) groups is 1. The van der Waals surface area contributed by atoms with Crippen molar-refractivity contribution in [1.29, 1.82) is 0 Å². The molecule has 14 heavy (non-hydrogen) atoms. The molecular weight excluding hydrogens is 178 g/mol. The third-order valence-corrected chi connectivity index (χ3v) is 1.93. The van der Waals surface area contributed by atoms with Crippen LogP contribution in [0.2, 0.25) is 0 Å². The van der Waals surface area contributed by atoms with Gasteiger partial charge in [-0.1, -0.05) is 18.2 Å². The smallest absolute Gasteiger partial charge is 0.310 e. The average molecular weight is 193 g/mol. The maximum Gasteiger partial charge on any atom is 0.310 e. The largest absolute Gasteiger partial charge is 0.466 e. The Morgan fingerprint density at radius 3 is 2.79 bits per heavy atom. The van der Waals surface area contributed by atoms with Crippen molar-refractivity contribution >= 4 is 11.7 Å². The van der Waals surface area contributed by atoms with Gasteiger partial charge in [-0.25, -0.2) is 0 Å². The predicted octanol–water partition coefficient (Wildman–Crippen LogP) is 1.83. The SMILES string of the molecule is CCOC(=O)Cc1ccccc1NC. The summed E-state index contributed by atoms with van der Waals surface area (Å²) in [7, 11) is 1.84. The summed E-state index contributed by atoms with van der Waals surface area (Å²) >= 11 is 0. The minimum absolute atomic E-state index is 0.185. The second-order valence-corrected chi connectivity index (χ2v) is 2.89. The van der Waals surface area contributed by atoms with E-state index in [1.807, 2.05) is 38.2 Å². The molecule has 1 aromatic rings. The standard InChI is InChI=1S/C11H15NO2/c1-3-14-11(13)8-9-6-4-5-7-10(9)12-2/h4-7,12H,3,8H2,1-2H3. The third kappa shape index (κ3) is 2.76. The highest BCUT2D eigenvalue weighted by molar-refractivity contribution is 5.75. The fourth-order valence-electron chi connectivity index (χ4n) is 1.29. The quantitative estimate of drug-likeness (QED) is 0.741. The molecule has 0 saturated carbocycles. The molecule has 0 unspecified atom stereocenters. The summed E-state index contributed by atoms with van der Waals surface area (Å²) in [5.41, 5.74) is 1.94. The van der Waals surface area contributed by atoms with Crippen LogP contribution in [-0.4, -0.2) is 19.6 Å². The molecule has 0 saturated heterocycles. The van der Waals surface area contributed by atoms with Crippen molar-refractivity contribution in [3.8, 4) is 0 Å². The van der Waals surface area contributed by atoms with Gasteiger partial charge in [0, 0.05) is 12.7 Å². The first-order valence-corrected chi connectivity index (χ1v) is 4.69. The molecular formula is C11H15NO2. The highest BCUT2D eigenvalue weighted by Crippen LogP contribution is 2.14. The van der Waals surface area contributed by atoms with Crippen molar-refractivity contribution in [1.82, 2.24) is 0 Å². The molecule has 0 aliphatic heterocycles. The summed E-state index contributed by atoms with van der Waals surface area (Å²) in [6, 6.07) is 7.70. The number of hydrogen-bond donors (Lipinski definition) is 1. The van der Waals surface area contributed by atoms with Crippen LogP contribution in [-0.2, 0) is 16.0 Å². The number of ether oxygens (including phenoxy) is 1. The van der Waals surface area contributed by atoms with Gasteiger partial charge >= 0.3 is 5.97 Å². The Bertz CT molecular complexity index is 310. The summed E-state index contributed by atoms with van der Waals surface area (Å²) in [4.78, 5) is 11.2. The molecule has 0 radical (unpaired) electrons. The molecule has 0 aliphatic rings. The molecule has 3 nitrogen and oxygen atoms in total. The van der Waals surface area contributed by atoms with E-state index in [0.717, 1.165) is 11.3 Å². The number of rotatable bonds is 4. The van der Waals surface area contributed by atoms with Gasteiger partial charge in [0.2, 0.25) is 0 Å². The minimum Gasteiger partial charge on any atom is -0.466 e. The number of anilines is 1. The van der Waals surface area contributed by atoms with Crippen molar-refractivity contribution in [2.75, 3.05) is 19.0 Å². The van der Waals surface area contributed by atoms with Crippen molar-refractivity contribution in [2.45, 2.75) is 13.3 Å². The summed E-state index contributed by atoms with van der Waals surface area (Å²) in [6.45, 7) is 2.24. The van der Waals surface area contributed by atoms with Gasteiger partial charge in [-0.15, -0.1) is 0 Å². The first-order valence-electron chi connectivity index (χ1n) is 4.69. The van der Waals surface area contributed by atoms with E-state index in [1.165, 1.54) is 0 Å². The monoisotopic (exact) mass is 193 g/mol. The Morgan fingerprint density at radius 2 is 2.14 bits per heavy atom. The molecule has 1 rings (SSSR count). The number of para-hydroxylation sites is 1. The van der Waals surface area contributed by atoms with Crippen LogP contribution in [0.15, 0.2) is 24.3 Å². The Hall–Kier alpha value is -1.51. The second kappa shape index (κ2) is 5.27. The maximum absolute atomic E-state index is 11.2. The zero-order valence-electron chi connectivity index (χ0n) is 8.54. The third-order valence-electron chi connectivity index (χ3n) is 1.93. The Labute approximate surface area is 84.1 Å². The molecule has 0 heterocycles. The lowest BCUT2D eigenvalue weighted by Crippen LogP contribution is -2.08. The first-order chi connectivity index (χ1) is 6.77. The fourth-order valence-corrected chi connectivity index (χ4v) is 1.29.